The zero-order valence-electron chi connectivity index (χ0n) is 14.4. The van der Waals surface area contributed by atoms with Crippen LogP contribution in [-0.4, -0.2) is 34.8 Å². The summed E-state index contributed by atoms with van der Waals surface area (Å²) in [6.07, 6.45) is 3.48. The van der Waals surface area contributed by atoms with E-state index in [1.54, 1.807) is 24.3 Å². The number of aromatic nitrogens is 1. The Morgan fingerprint density at radius 2 is 2.00 bits per heavy atom. The Morgan fingerprint density at radius 1 is 1.27 bits per heavy atom. The van der Waals surface area contributed by atoms with E-state index in [9.17, 15) is 13.2 Å². The van der Waals surface area contributed by atoms with Crippen LogP contribution in [0.1, 0.15) is 22.6 Å². The number of amidine groups is 1. The molecule has 0 radical (unpaired) electrons. The van der Waals surface area contributed by atoms with Crippen molar-refractivity contribution >= 4 is 17.6 Å². The van der Waals surface area contributed by atoms with Crippen LogP contribution in [0.5, 0.6) is 0 Å². The maximum absolute atomic E-state index is 14.4. The SMILES string of the molecule is Cc1cncc(CSC2NCN(C)C(=N)C2c2c(F)ccc(F)c2F)c1. The Bertz CT molecular complexity index is 830. The molecule has 3 rings (SSSR count). The molecule has 0 amide bonds. The van der Waals surface area contributed by atoms with Gasteiger partial charge in [-0.25, -0.2) is 13.2 Å². The molecule has 138 valence electrons. The average Bonchev–Trinajstić information content (AvgIpc) is 2.61. The van der Waals surface area contributed by atoms with Crippen molar-refractivity contribution in [1.82, 2.24) is 15.2 Å². The Balaban J connectivity index is 1.91. The predicted molar refractivity (Wildman–Crippen MR) is 96.6 cm³/mol. The van der Waals surface area contributed by atoms with E-state index in [2.05, 4.69) is 10.3 Å². The van der Waals surface area contributed by atoms with Gasteiger partial charge in [-0.05, 0) is 30.2 Å². The van der Waals surface area contributed by atoms with Gasteiger partial charge in [0.2, 0.25) is 0 Å². The fourth-order valence-electron chi connectivity index (χ4n) is 2.96. The number of likely N-dealkylation sites (N-methyl/N-ethyl adjacent to an activating group) is 1. The molecule has 1 aromatic carbocycles. The van der Waals surface area contributed by atoms with Crippen molar-refractivity contribution < 1.29 is 13.2 Å². The normalized spacial score (nSPS) is 20.5. The lowest BCUT2D eigenvalue weighted by molar-refractivity contribution is 0.360. The van der Waals surface area contributed by atoms with E-state index in [-0.39, 0.29) is 5.84 Å². The van der Waals surface area contributed by atoms with Gasteiger partial charge in [-0.3, -0.25) is 15.7 Å². The molecule has 26 heavy (non-hydrogen) atoms. The number of hydrogen-bond acceptors (Lipinski definition) is 4. The molecule has 2 aromatic rings. The van der Waals surface area contributed by atoms with Gasteiger partial charge in [0, 0.05) is 30.8 Å². The van der Waals surface area contributed by atoms with Crippen LogP contribution in [0.4, 0.5) is 13.2 Å². The molecular weight excluding hydrogens is 361 g/mol. The fraction of sp³-hybridized carbons (Fsp3) is 0.333. The summed E-state index contributed by atoms with van der Waals surface area (Å²) in [4.78, 5) is 5.69. The van der Waals surface area contributed by atoms with E-state index in [1.165, 1.54) is 11.8 Å². The van der Waals surface area contributed by atoms with Gasteiger partial charge >= 0.3 is 0 Å². The van der Waals surface area contributed by atoms with E-state index in [1.807, 2.05) is 13.0 Å². The topological polar surface area (TPSA) is 52.0 Å². The molecule has 4 nitrogen and oxygen atoms in total. The molecule has 2 N–H and O–H groups in total. The van der Waals surface area contributed by atoms with Crippen molar-refractivity contribution in [3.8, 4) is 0 Å². The summed E-state index contributed by atoms with van der Waals surface area (Å²) in [5.41, 5.74) is 1.58. The molecule has 2 unspecified atom stereocenters. The van der Waals surface area contributed by atoms with Gasteiger partial charge in [0.05, 0.1) is 18.0 Å². The third kappa shape index (κ3) is 3.71. The number of pyridine rings is 1. The van der Waals surface area contributed by atoms with Crippen molar-refractivity contribution in [1.29, 1.82) is 5.41 Å². The molecule has 2 heterocycles. The number of aryl methyl sites for hydroxylation is 1. The number of nitrogens with one attached hydrogen (secondary N) is 2. The van der Waals surface area contributed by atoms with Crippen molar-refractivity contribution in [2.75, 3.05) is 13.7 Å². The first kappa shape index (κ1) is 18.7. The molecule has 1 saturated heterocycles. The maximum Gasteiger partial charge on any atom is 0.165 e. The maximum atomic E-state index is 14.4. The Kier molecular flexibility index (Phi) is 5.52. The van der Waals surface area contributed by atoms with E-state index in [0.717, 1.165) is 23.3 Å². The van der Waals surface area contributed by atoms with Gasteiger partial charge in [0.1, 0.15) is 11.7 Å². The largest absolute Gasteiger partial charge is 0.350 e. The van der Waals surface area contributed by atoms with Crippen LogP contribution in [-0.2, 0) is 5.75 Å². The average molecular weight is 380 g/mol. The number of thioether (sulfide) groups is 1. The fourth-order valence-corrected chi connectivity index (χ4v) is 4.14. The van der Waals surface area contributed by atoms with Crippen LogP contribution < -0.4 is 5.32 Å². The molecular formula is C18H19F3N4S. The van der Waals surface area contributed by atoms with Crippen molar-refractivity contribution in [3.63, 3.8) is 0 Å². The zero-order chi connectivity index (χ0) is 18.8. The summed E-state index contributed by atoms with van der Waals surface area (Å²) >= 11 is 1.42. The highest BCUT2D eigenvalue weighted by molar-refractivity contribution is 7.99. The summed E-state index contributed by atoms with van der Waals surface area (Å²) in [5.74, 6) is -3.54. The first-order valence-corrected chi connectivity index (χ1v) is 9.12. The standard InChI is InChI=1S/C18H19F3N4S/c1-10-5-11(7-23-6-10)8-26-18-15(17(22)25(2)9-24-18)14-12(19)3-4-13(20)16(14)21/h3-7,15,18,22,24H,8-9H2,1-2H3. The van der Waals surface area contributed by atoms with Crippen molar-refractivity contribution in [2.45, 2.75) is 24.0 Å². The summed E-state index contributed by atoms with van der Waals surface area (Å²) < 4.78 is 42.4. The van der Waals surface area contributed by atoms with E-state index in [0.29, 0.717) is 12.4 Å². The Hall–Kier alpha value is -2.06. The smallest absolute Gasteiger partial charge is 0.165 e. The summed E-state index contributed by atoms with van der Waals surface area (Å²) in [5, 5.41) is 11.0. The van der Waals surface area contributed by atoms with Gasteiger partial charge in [0.15, 0.2) is 11.6 Å². The van der Waals surface area contributed by atoms with Gasteiger partial charge in [-0.15, -0.1) is 11.8 Å². The van der Waals surface area contributed by atoms with Gasteiger partial charge in [-0.1, -0.05) is 6.07 Å². The van der Waals surface area contributed by atoms with E-state index >= 15 is 0 Å². The molecule has 0 saturated carbocycles. The number of nitrogens with zero attached hydrogens (tertiary/aromatic N) is 2. The van der Waals surface area contributed by atoms with Crippen LogP contribution in [0, 0.1) is 29.8 Å². The van der Waals surface area contributed by atoms with Crippen LogP contribution in [0.3, 0.4) is 0 Å². The molecule has 1 aliphatic heterocycles. The number of benzene rings is 1. The summed E-state index contributed by atoms with van der Waals surface area (Å²) in [7, 11) is 1.66. The summed E-state index contributed by atoms with van der Waals surface area (Å²) in [6.45, 7) is 2.31. The second kappa shape index (κ2) is 7.67. The Labute approximate surface area is 154 Å². The highest BCUT2D eigenvalue weighted by atomic mass is 32.2. The summed E-state index contributed by atoms with van der Waals surface area (Å²) in [6, 6.07) is 3.65. The molecule has 1 aromatic heterocycles. The third-order valence-electron chi connectivity index (χ3n) is 4.29. The molecule has 1 fully saturated rings. The van der Waals surface area contributed by atoms with E-state index < -0.39 is 34.3 Å². The number of halogens is 3. The molecule has 8 heteroatoms. The highest BCUT2D eigenvalue weighted by Gasteiger charge is 2.38. The third-order valence-corrected chi connectivity index (χ3v) is 5.59. The number of rotatable bonds is 4. The van der Waals surface area contributed by atoms with Crippen molar-refractivity contribution in [2.24, 2.45) is 0 Å². The van der Waals surface area contributed by atoms with Crippen LogP contribution in [0.25, 0.3) is 0 Å². The predicted octanol–water partition coefficient (Wildman–Crippen LogP) is 3.62. The van der Waals surface area contributed by atoms with Gasteiger partial charge in [-0.2, -0.15) is 0 Å². The highest BCUT2D eigenvalue weighted by Crippen LogP contribution is 2.36. The minimum atomic E-state index is -1.24. The second-order valence-corrected chi connectivity index (χ2v) is 7.41. The van der Waals surface area contributed by atoms with Crippen LogP contribution in [0.15, 0.2) is 30.6 Å². The minimum Gasteiger partial charge on any atom is -0.350 e. The first-order chi connectivity index (χ1) is 12.4. The molecule has 0 spiro atoms. The van der Waals surface area contributed by atoms with E-state index in [4.69, 9.17) is 5.41 Å². The molecule has 0 bridgehead atoms. The monoisotopic (exact) mass is 380 g/mol. The first-order valence-electron chi connectivity index (χ1n) is 8.07. The van der Waals surface area contributed by atoms with Crippen molar-refractivity contribution in [3.05, 3.63) is 64.7 Å². The molecule has 1 aliphatic rings. The molecule has 0 aliphatic carbocycles. The lowest BCUT2D eigenvalue weighted by atomic mass is 9.94. The number of hydrogen-bond donors (Lipinski definition) is 2. The second-order valence-electron chi connectivity index (χ2n) is 6.28. The minimum absolute atomic E-state index is 0.0482. The lowest BCUT2D eigenvalue weighted by Crippen LogP contribution is -2.53. The van der Waals surface area contributed by atoms with Crippen LogP contribution in [0.2, 0.25) is 0 Å². The van der Waals surface area contributed by atoms with Gasteiger partial charge in [0.25, 0.3) is 0 Å². The quantitative estimate of drug-likeness (QED) is 0.796. The Morgan fingerprint density at radius 3 is 2.73 bits per heavy atom. The zero-order valence-corrected chi connectivity index (χ0v) is 15.2. The van der Waals surface area contributed by atoms with Crippen LogP contribution >= 0.6 is 11.8 Å². The van der Waals surface area contributed by atoms with Gasteiger partial charge < -0.3 is 4.90 Å². The molecule has 2 atom stereocenters. The lowest BCUT2D eigenvalue weighted by Gasteiger charge is -2.39.